The lowest BCUT2D eigenvalue weighted by atomic mass is 10.6. The van der Waals surface area contributed by atoms with E-state index in [9.17, 15) is 0 Å². The van der Waals surface area contributed by atoms with Gasteiger partial charge in [0.1, 0.15) is 0 Å². The van der Waals surface area contributed by atoms with Gasteiger partial charge in [0.25, 0.3) is 0 Å². The normalized spacial score (nSPS) is 15.7. The van der Waals surface area contributed by atoms with E-state index >= 15 is 0 Å². The van der Waals surface area contributed by atoms with Gasteiger partial charge in [-0.15, -0.1) is 11.6 Å². The molecule has 1 aliphatic rings. The monoisotopic (exact) mass is 137 g/mol. The smallest absolute Gasteiger partial charge is 0.0202 e. The topological polar surface area (TPSA) is 12.4 Å². The second-order valence-corrected chi connectivity index (χ2v) is 1.79. The molecule has 0 N–H and O–H groups in total. The molecule has 0 amide bonds. The lowest BCUT2D eigenvalue weighted by molar-refractivity contribution is 1.39. The fraction of sp³-hybridized carbons (Fsp3) is 0.750. The van der Waals surface area contributed by atoms with Crippen LogP contribution in [-0.2, 0) is 0 Å². The van der Waals surface area contributed by atoms with Crippen LogP contribution in [0.2, 0.25) is 0 Å². The van der Waals surface area contributed by atoms with Crippen molar-refractivity contribution in [3.05, 3.63) is 0 Å². The first-order chi connectivity index (χ1) is 3.50. The van der Waals surface area contributed by atoms with Crippen molar-refractivity contribution in [2.45, 2.75) is 6.42 Å². The zero-order valence-electron chi connectivity index (χ0n) is 4.22. The number of hydrogen-bond acceptors (Lipinski definition) is 2. The Kier molecular flexibility index (Phi) is 6.59. The summed E-state index contributed by atoms with van der Waals surface area (Å²) in [5.74, 6) is 1.19. The molecule has 0 aromatic heterocycles. The van der Waals surface area contributed by atoms with Crippen molar-refractivity contribution in [1.82, 2.24) is 0 Å². The largest absolute Gasteiger partial charge is 0.229 e. The highest BCUT2D eigenvalue weighted by Crippen LogP contribution is 2.07. The van der Waals surface area contributed by atoms with Gasteiger partial charge in [0.15, 0.2) is 0 Å². The summed E-state index contributed by atoms with van der Waals surface area (Å²) in [4.78, 5) is 0. The Bertz CT molecular complexity index is 49.7. The molecule has 0 fully saturated rings. The van der Waals surface area contributed by atoms with E-state index in [4.69, 9.17) is 0 Å². The molecule has 1 heterocycles. The SMILES string of the molecule is C1=NSCC1.CCl. The number of halogens is 1. The minimum Gasteiger partial charge on any atom is -0.229 e. The molecule has 0 bridgehead atoms. The Balaban J connectivity index is 0.000000162. The Hall–Kier alpha value is 0.310. The molecule has 0 aromatic carbocycles. The van der Waals surface area contributed by atoms with Crippen molar-refractivity contribution in [1.29, 1.82) is 0 Å². The predicted molar refractivity (Wildman–Crippen MR) is 37.3 cm³/mol. The van der Waals surface area contributed by atoms with Gasteiger partial charge in [0.05, 0.1) is 0 Å². The van der Waals surface area contributed by atoms with E-state index in [-0.39, 0.29) is 0 Å². The summed E-state index contributed by atoms with van der Waals surface area (Å²) in [5, 5.41) is 0. The third kappa shape index (κ3) is 4.16. The van der Waals surface area contributed by atoms with Gasteiger partial charge in [0, 0.05) is 18.4 Å². The van der Waals surface area contributed by atoms with Gasteiger partial charge in [-0.3, -0.25) is 0 Å². The second kappa shape index (κ2) is 6.31. The number of rotatable bonds is 0. The van der Waals surface area contributed by atoms with Gasteiger partial charge < -0.3 is 0 Å². The summed E-state index contributed by atoms with van der Waals surface area (Å²) in [6, 6.07) is 0. The maximum absolute atomic E-state index is 4.64. The standard InChI is InChI=1S/C3H5NS.CH3Cl/c1-2-4-5-3-1;1-2/h2H,1,3H2;1H3. The average Bonchev–Trinajstić information content (AvgIpc) is 2.23. The summed E-state index contributed by atoms with van der Waals surface area (Å²) in [6.45, 7) is 0. The van der Waals surface area contributed by atoms with Crippen LogP contribution in [0.5, 0.6) is 0 Å². The molecule has 1 rings (SSSR count). The number of alkyl halides is 1. The van der Waals surface area contributed by atoms with Crippen LogP contribution in [0.15, 0.2) is 4.40 Å². The molecule has 0 unspecified atom stereocenters. The van der Waals surface area contributed by atoms with Crippen LogP contribution < -0.4 is 0 Å². The highest BCUT2D eigenvalue weighted by molar-refractivity contribution is 7.98. The van der Waals surface area contributed by atoms with Crippen LogP contribution in [-0.4, -0.2) is 18.4 Å². The van der Waals surface area contributed by atoms with Crippen LogP contribution in [0.4, 0.5) is 0 Å². The molecule has 7 heavy (non-hydrogen) atoms. The lowest BCUT2D eigenvalue weighted by Crippen LogP contribution is -1.62. The molecule has 0 saturated carbocycles. The number of nitrogens with zero attached hydrogens (tertiary/aromatic N) is 1. The molecule has 0 aromatic rings. The van der Waals surface area contributed by atoms with Crippen molar-refractivity contribution >= 4 is 29.8 Å². The van der Waals surface area contributed by atoms with E-state index in [0.29, 0.717) is 0 Å². The first kappa shape index (κ1) is 7.31. The van der Waals surface area contributed by atoms with Gasteiger partial charge in [-0.2, -0.15) is 0 Å². The van der Waals surface area contributed by atoms with E-state index in [1.807, 2.05) is 6.21 Å². The third-order valence-electron chi connectivity index (χ3n) is 0.487. The molecule has 0 atom stereocenters. The quantitative estimate of drug-likeness (QED) is 0.367. The molecule has 42 valence electrons. The van der Waals surface area contributed by atoms with E-state index < -0.39 is 0 Å². The minimum atomic E-state index is 1.17. The van der Waals surface area contributed by atoms with Crippen molar-refractivity contribution in [2.75, 3.05) is 12.1 Å². The molecular formula is C4H8ClNS. The van der Waals surface area contributed by atoms with E-state index in [0.717, 1.165) is 0 Å². The molecule has 0 spiro atoms. The molecule has 1 aliphatic heterocycles. The van der Waals surface area contributed by atoms with Crippen LogP contribution in [0.1, 0.15) is 6.42 Å². The Morgan fingerprint density at radius 1 is 1.71 bits per heavy atom. The van der Waals surface area contributed by atoms with Crippen LogP contribution in [0.3, 0.4) is 0 Å². The van der Waals surface area contributed by atoms with Crippen molar-refractivity contribution in [2.24, 2.45) is 4.40 Å². The van der Waals surface area contributed by atoms with Gasteiger partial charge in [-0.25, -0.2) is 4.40 Å². The highest BCUT2D eigenvalue weighted by Gasteiger charge is 1.87. The summed E-state index contributed by atoms with van der Waals surface area (Å²) in [7, 11) is 0. The molecule has 3 heteroatoms. The summed E-state index contributed by atoms with van der Waals surface area (Å²) < 4.78 is 3.88. The zero-order valence-corrected chi connectivity index (χ0v) is 5.80. The van der Waals surface area contributed by atoms with E-state index in [1.54, 1.807) is 11.9 Å². The first-order valence-electron chi connectivity index (χ1n) is 2.02. The molecule has 0 saturated heterocycles. The van der Waals surface area contributed by atoms with Crippen molar-refractivity contribution in [3.63, 3.8) is 0 Å². The van der Waals surface area contributed by atoms with Gasteiger partial charge in [0.2, 0.25) is 0 Å². The van der Waals surface area contributed by atoms with Crippen molar-refractivity contribution < 1.29 is 0 Å². The van der Waals surface area contributed by atoms with Gasteiger partial charge in [-0.05, 0) is 18.4 Å². The van der Waals surface area contributed by atoms with Gasteiger partial charge in [-0.1, -0.05) is 0 Å². The summed E-state index contributed by atoms with van der Waals surface area (Å²) in [5.41, 5.74) is 0. The highest BCUT2D eigenvalue weighted by atomic mass is 35.5. The maximum Gasteiger partial charge on any atom is 0.0202 e. The first-order valence-corrected chi connectivity index (χ1v) is 3.71. The summed E-state index contributed by atoms with van der Waals surface area (Å²) in [6.07, 6.45) is 4.59. The molecular weight excluding hydrogens is 130 g/mol. The van der Waals surface area contributed by atoms with E-state index in [2.05, 4.69) is 16.0 Å². The molecule has 0 aliphatic carbocycles. The van der Waals surface area contributed by atoms with Crippen LogP contribution in [0, 0.1) is 0 Å². The Morgan fingerprint density at radius 2 is 2.43 bits per heavy atom. The van der Waals surface area contributed by atoms with Crippen LogP contribution in [0.25, 0.3) is 0 Å². The second-order valence-electron chi connectivity index (χ2n) is 0.910. The maximum atomic E-state index is 4.64. The van der Waals surface area contributed by atoms with E-state index in [1.165, 1.54) is 18.6 Å². The molecule has 1 nitrogen and oxygen atoms in total. The fourth-order valence-corrected chi connectivity index (χ4v) is 0.791. The van der Waals surface area contributed by atoms with Crippen LogP contribution >= 0.6 is 23.5 Å². The lowest BCUT2D eigenvalue weighted by Gasteiger charge is -1.66. The average molecular weight is 138 g/mol. The number of hydrogen-bond donors (Lipinski definition) is 0. The third-order valence-corrected chi connectivity index (χ3v) is 1.20. The van der Waals surface area contributed by atoms with Gasteiger partial charge >= 0.3 is 0 Å². The minimum absolute atomic E-state index is 1.17. The van der Waals surface area contributed by atoms with Crippen molar-refractivity contribution in [3.8, 4) is 0 Å². The Morgan fingerprint density at radius 3 is 2.57 bits per heavy atom. The molecule has 0 radical (unpaired) electrons. The zero-order chi connectivity index (χ0) is 5.54. The summed E-state index contributed by atoms with van der Waals surface area (Å²) >= 11 is 6.28. The predicted octanol–water partition coefficient (Wildman–Crippen LogP) is 1.96. The fourth-order valence-electron chi connectivity index (χ4n) is 0.264. The Labute approximate surface area is 53.3 Å².